The first-order valence-electron chi connectivity index (χ1n) is 5.10. The third-order valence-corrected chi connectivity index (χ3v) is 2.48. The Bertz CT molecular complexity index is 419. The zero-order chi connectivity index (χ0) is 12.1. The highest BCUT2D eigenvalue weighted by Crippen LogP contribution is 2.27. The lowest BCUT2D eigenvalue weighted by Crippen LogP contribution is -2.01. The molecule has 3 nitrogen and oxygen atoms in total. The average molecular weight is 220 g/mol. The van der Waals surface area contributed by atoms with Crippen LogP contribution in [0.4, 0.5) is 0 Å². The topological polar surface area (TPSA) is 46.5 Å². The molecule has 1 rings (SSSR count). The van der Waals surface area contributed by atoms with Gasteiger partial charge in [-0.15, -0.1) is 0 Å². The van der Waals surface area contributed by atoms with Gasteiger partial charge in [-0.2, -0.15) is 0 Å². The van der Waals surface area contributed by atoms with Crippen LogP contribution in [0.3, 0.4) is 0 Å². The third-order valence-electron chi connectivity index (χ3n) is 2.48. The van der Waals surface area contributed by atoms with E-state index in [0.29, 0.717) is 0 Å². The van der Waals surface area contributed by atoms with Crippen molar-refractivity contribution in [2.24, 2.45) is 0 Å². The smallest absolute Gasteiger partial charge is 0.307 e. The van der Waals surface area contributed by atoms with Crippen molar-refractivity contribution >= 4 is 11.5 Å². The van der Waals surface area contributed by atoms with E-state index in [4.69, 9.17) is 9.84 Å². The van der Waals surface area contributed by atoms with Crippen LogP contribution < -0.4 is 4.74 Å². The summed E-state index contributed by atoms with van der Waals surface area (Å²) in [6.45, 7) is 3.92. The molecule has 0 fully saturated rings. The SMILES string of the molecule is C/C=C(\C)c1cc(CC(=O)O)ccc1OC. The third kappa shape index (κ3) is 2.86. The van der Waals surface area contributed by atoms with Gasteiger partial charge in [0.2, 0.25) is 0 Å². The van der Waals surface area contributed by atoms with E-state index in [0.717, 1.165) is 22.4 Å². The molecule has 1 aromatic rings. The molecule has 0 atom stereocenters. The number of allylic oxidation sites excluding steroid dienone is 2. The Labute approximate surface area is 95.4 Å². The lowest BCUT2D eigenvalue weighted by molar-refractivity contribution is -0.136. The standard InChI is InChI=1S/C13H16O3/c1-4-9(2)11-7-10(8-13(14)15)5-6-12(11)16-3/h4-7H,8H2,1-3H3,(H,14,15)/b9-4+. The first-order chi connectivity index (χ1) is 7.58. The number of carboxylic acid groups (broad SMARTS) is 1. The van der Waals surface area contributed by atoms with Gasteiger partial charge < -0.3 is 9.84 Å². The Hall–Kier alpha value is -1.77. The van der Waals surface area contributed by atoms with E-state index >= 15 is 0 Å². The molecule has 0 heterocycles. The Kier molecular flexibility index (Phi) is 4.11. The molecule has 0 saturated heterocycles. The number of hydrogen-bond donors (Lipinski definition) is 1. The second-order valence-corrected chi connectivity index (χ2v) is 3.58. The zero-order valence-corrected chi connectivity index (χ0v) is 9.78. The highest BCUT2D eigenvalue weighted by Gasteiger charge is 2.07. The molecule has 0 spiro atoms. The Balaban J connectivity index is 3.16. The van der Waals surface area contributed by atoms with Gasteiger partial charge in [0.05, 0.1) is 13.5 Å². The van der Waals surface area contributed by atoms with Crippen LogP contribution in [0.5, 0.6) is 5.75 Å². The van der Waals surface area contributed by atoms with Crippen molar-refractivity contribution in [3.63, 3.8) is 0 Å². The molecular weight excluding hydrogens is 204 g/mol. The number of benzene rings is 1. The number of ether oxygens (including phenoxy) is 1. The molecule has 0 aliphatic carbocycles. The number of carboxylic acids is 1. The van der Waals surface area contributed by atoms with Crippen LogP contribution in [0.15, 0.2) is 24.3 Å². The van der Waals surface area contributed by atoms with Gasteiger partial charge in [-0.1, -0.05) is 12.1 Å². The molecule has 1 aromatic carbocycles. The second kappa shape index (κ2) is 5.35. The molecule has 3 heteroatoms. The summed E-state index contributed by atoms with van der Waals surface area (Å²) in [6.07, 6.45) is 2.01. The molecule has 0 aliphatic heterocycles. The molecule has 0 radical (unpaired) electrons. The minimum Gasteiger partial charge on any atom is -0.496 e. The first-order valence-corrected chi connectivity index (χ1v) is 5.10. The summed E-state index contributed by atoms with van der Waals surface area (Å²) in [6, 6.07) is 5.45. The molecule has 86 valence electrons. The van der Waals surface area contributed by atoms with Gasteiger partial charge in [-0.05, 0) is 37.1 Å². The highest BCUT2D eigenvalue weighted by atomic mass is 16.5. The summed E-state index contributed by atoms with van der Waals surface area (Å²) >= 11 is 0. The fourth-order valence-electron chi connectivity index (χ4n) is 1.50. The van der Waals surface area contributed by atoms with E-state index in [1.165, 1.54) is 0 Å². The zero-order valence-electron chi connectivity index (χ0n) is 9.78. The molecule has 0 aliphatic rings. The van der Waals surface area contributed by atoms with Crippen molar-refractivity contribution in [1.29, 1.82) is 0 Å². The van der Waals surface area contributed by atoms with Crippen molar-refractivity contribution in [2.45, 2.75) is 20.3 Å². The molecule has 0 aromatic heterocycles. The maximum Gasteiger partial charge on any atom is 0.307 e. The lowest BCUT2D eigenvalue weighted by atomic mass is 10.0. The van der Waals surface area contributed by atoms with Crippen LogP contribution in [-0.4, -0.2) is 18.2 Å². The predicted molar refractivity (Wildman–Crippen MR) is 63.7 cm³/mol. The Morgan fingerprint density at radius 2 is 2.19 bits per heavy atom. The summed E-state index contributed by atoms with van der Waals surface area (Å²) < 4.78 is 5.24. The van der Waals surface area contributed by atoms with E-state index in [-0.39, 0.29) is 6.42 Å². The van der Waals surface area contributed by atoms with E-state index in [1.807, 2.05) is 26.0 Å². The van der Waals surface area contributed by atoms with Crippen LogP contribution in [-0.2, 0) is 11.2 Å². The van der Waals surface area contributed by atoms with Gasteiger partial charge in [0.1, 0.15) is 5.75 Å². The van der Waals surface area contributed by atoms with Crippen LogP contribution >= 0.6 is 0 Å². The molecular formula is C13H16O3. The van der Waals surface area contributed by atoms with Gasteiger partial charge in [0, 0.05) is 5.56 Å². The van der Waals surface area contributed by atoms with Gasteiger partial charge >= 0.3 is 5.97 Å². The molecule has 16 heavy (non-hydrogen) atoms. The Morgan fingerprint density at radius 1 is 1.50 bits per heavy atom. The van der Waals surface area contributed by atoms with Crippen LogP contribution in [0, 0.1) is 0 Å². The summed E-state index contributed by atoms with van der Waals surface area (Å²) in [5.74, 6) is -0.0565. The largest absolute Gasteiger partial charge is 0.496 e. The summed E-state index contributed by atoms with van der Waals surface area (Å²) in [5, 5.41) is 8.73. The summed E-state index contributed by atoms with van der Waals surface area (Å²) in [5.41, 5.74) is 2.80. The van der Waals surface area contributed by atoms with Crippen molar-refractivity contribution in [3.8, 4) is 5.75 Å². The van der Waals surface area contributed by atoms with Crippen LogP contribution in [0.1, 0.15) is 25.0 Å². The van der Waals surface area contributed by atoms with Crippen LogP contribution in [0.2, 0.25) is 0 Å². The number of hydrogen-bond acceptors (Lipinski definition) is 2. The molecule has 0 bridgehead atoms. The quantitative estimate of drug-likeness (QED) is 0.848. The number of aliphatic carboxylic acids is 1. The van der Waals surface area contributed by atoms with Gasteiger partial charge in [-0.3, -0.25) is 4.79 Å². The van der Waals surface area contributed by atoms with Gasteiger partial charge in [0.25, 0.3) is 0 Å². The van der Waals surface area contributed by atoms with Crippen molar-refractivity contribution in [2.75, 3.05) is 7.11 Å². The first kappa shape index (κ1) is 12.3. The maximum atomic E-state index is 10.6. The molecule has 0 unspecified atom stereocenters. The fourth-order valence-corrected chi connectivity index (χ4v) is 1.50. The van der Waals surface area contributed by atoms with Gasteiger partial charge in [0.15, 0.2) is 0 Å². The molecule has 0 amide bonds. The minimum absolute atomic E-state index is 0.0357. The van der Waals surface area contributed by atoms with Crippen molar-refractivity contribution < 1.29 is 14.6 Å². The van der Waals surface area contributed by atoms with E-state index in [2.05, 4.69) is 0 Å². The van der Waals surface area contributed by atoms with Crippen LogP contribution in [0.25, 0.3) is 5.57 Å². The minimum atomic E-state index is -0.825. The Morgan fingerprint density at radius 3 is 2.69 bits per heavy atom. The second-order valence-electron chi connectivity index (χ2n) is 3.58. The van der Waals surface area contributed by atoms with Crippen molar-refractivity contribution in [3.05, 3.63) is 35.4 Å². The highest BCUT2D eigenvalue weighted by molar-refractivity contribution is 5.73. The van der Waals surface area contributed by atoms with Gasteiger partial charge in [-0.25, -0.2) is 0 Å². The molecule has 0 saturated carbocycles. The van der Waals surface area contributed by atoms with E-state index < -0.39 is 5.97 Å². The number of methoxy groups -OCH3 is 1. The average Bonchev–Trinajstić information content (AvgIpc) is 2.27. The normalized spacial score (nSPS) is 11.3. The summed E-state index contributed by atoms with van der Waals surface area (Å²) in [4.78, 5) is 10.6. The fraction of sp³-hybridized carbons (Fsp3) is 0.308. The molecule has 1 N–H and O–H groups in total. The van der Waals surface area contributed by atoms with E-state index in [1.54, 1.807) is 19.2 Å². The summed E-state index contributed by atoms with van der Waals surface area (Å²) in [7, 11) is 1.61. The number of carbonyl (C=O) groups is 1. The van der Waals surface area contributed by atoms with E-state index in [9.17, 15) is 4.79 Å². The maximum absolute atomic E-state index is 10.6. The lowest BCUT2D eigenvalue weighted by Gasteiger charge is -2.10. The van der Waals surface area contributed by atoms with Crippen molar-refractivity contribution in [1.82, 2.24) is 0 Å². The monoisotopic (exact) mass is 220 g/mol. The predicted octanol–water partition coefficient (Wildman–Crippen LogP) is 2.75. The number of rotatable bonds is 4.